The highest BCUT2D eigenvalue weighted by molar-refractivity contribution is 5.90. The molecule has 2 N–H and O–H groups in total. The van der Waals surface area contributed by atoms with Crippen molar-refractivity contribution in [2.24, 2.45) is 5.92 Å². The molecule has 2 heterocycles. The Hall–Kier alpha value is -2.71. The predicted molar refractivity (Wildman–Crippen MR) is 127 cm³/mol. The van der Waals surface area contributed by atoms with Gasteiger partial charge in [0.15, 0.2) is 18.0 Å². The van der Waals surface area contributed by atoms with Gasteiger partial charge >= 0.3 is 5.97 Å². The van der Waals surface area contributed by atoms with E-state index >= 15 is 0 Å². The van der Waals surface area contributed by atoms with Crippen LogP contribution in [0.4, 0.5) is 5.82 Å². The van der Waals surface area contributed by atoms with E-state index in [1.807, 2.05) is 37.4 Å². The van der Waals surface area contributed by atoms with Crippen molar-refractivity contribution in [1.82, 2.24) is 5.16 Å². The maximum atomic E-state index is 13.4. The first-order valence-electron chi connectivity index (χ1n) is 12.3. The third-order valence-electron chi connectivity index (χ3n) is 7.62. The molecular formula is C26H36N3O5+. The lowest BCUT2D eigenvalue weighted by Gasteiger charge is -2.38. The number of aliphatic hydroxyl groups is 1. The normalized spacial score (nSPS) is 25.0. The van der Waals surface area contributed by atoms with E-state index in [-0.39, 0.29) is 31.0 Å². The number of rotatable bonds is 8. The summed E-state index contributed by atoms with van der Waals surface area (Å²) in [6.07, 6.45) is 6.55. The first kappa shape index (κ1) is 24.4. The highest BCUT2D eigenvalue weighted by Gasteiger charge is 2.48. The Morgan fingerprint density at radius 2 is 1.91 bits per heavy atom. The van der Waals surface area contributed by atoms with Gasteiger partial charge in [-0.3, -0.25) is 4.79 Å². The van der Waals surface area contributed by atoms with Crippen molar-refractivity contribution < 1.29 is 28.4 Å². The van der Waals surface area contributed by atoms with Crippen LogP contribution in [0.3, 0.4) is 0 Å². The van der Waals surface area contributed by atoms with Crippen LogP contribution in [0, 0.1) is 12.8 Å². The maximum Gasteiger partial charge on any atom is 0.343 e. The second kappa shape index (κ2) is 10.3. The summed E-state index contributed by atoms with van der Waals surface area (Å²) in [5.74, 6) is 0.142. The van der Waals surface area contributed by atoms with E-state index in [1.165, 1.54) is 0 Å². The molecule has 0 bridgehead atoms. The van der Waals surface area contributed by atoms with Gasteiger partial charge in [0.25, 0.3) is 5.91 Å². The van der Waals surface area contributed by atoms with E-state index in [4.69, 9.17) is 9.26 Å². The van der Waals surface area contributed by atoms with E-state index in [2.05, 4.69) is 10.5 Å². The van der Waals surface area contributed by atoms with Gasteiger partial charge < -0.3 is 24.2 Å². The van der Waals surface area contributed by atoms with Gasteiger partial charge in [-0.1, -0.05) is 54.8 Å². The molecule has 1 aromatic heterocycles. The number of hydrogen-bond donors (Lipinski definition) is 2. The molecule has 8 nitrogen and oxygen atoms in total. The lowest BCUT2D eigenvalue weighted by molar-refractivity contribution is -0.913. The number of carbonyl (C=O) groups excluding carboxylic acids is 2. The summed E-state index contributed by atoms with van der Waals surface area (Å²) in [6, 6.07) is 10.8. The van der Waals surface area contributed by atoms with Crippen molar-refractivity contribution in [2.75, 3.05) is 32.1 Å². The first-order chi connectivity index (χ1) is 16.3. The van der Waals surface area contributed by atoms with Crippen LogP contribution in [0.15, 0.2) is 40.9 Å². The Labute approximate surface area is 200 Å². The number of hydrogen-bond acceptors (Lipinski definition) is 6. The first-order valence-corrected chi connectivity index (χ1v) is 12.3. The van der Waals surface area contributed by atoms with E-state index < -0.39 is 11.6 Å². The van der Waals surface area contributed by atoms with Crippen LogP contribution < -0.4 is 5.32 Å². The minimum Gasteiger partial charge on any atom is -0.457 e. The Morgan fingerprint density at radius 3 is 2.59 bits per heavy atom. The molecule has 34 heavy (non-hydrogen) atoms. The number of aryl methyl sites for hydroxylation is 1. The minimum absolute atomic E-state index is 0.0138. The van der Waals surface area contributed by atoms with Crippen molar-refractivity contribution in [3.05, 3.63) is 47.7 Å². The second-order valence-electron chi connectivity index (χ2n) is 10.1. The standard InChI is InChI=1S/C26H35N3O5/c1-19-16-23(28-34-19)27-24(30)17-29(2)15-9-14-22(29)18-33-25(31)26(32,20-10-5-3-6-11-20)21-12-7-4-8-13-21/h3,5-6,10-11,16,21-22,32H,4,7-9,12-15,17-18H2,1-2H3/p+1/t22?,26-,29?/m0/s1. The Kier molecular flexibility index (Phi) is 7.38. The lowest BCUT2D eigenvalue weighted by atomic mass is 9.73. The molecule has 2 fully saturated rings. The molecule has 2 aromatic rings. The summed E-state index contributed by atoms with van der Waals surface area (Å²) in [6.45, 7) is 3.01. The van der Waals surface area contributed by atoms with Gasteiger partial charge in [0.1, 0.15) is 18.4 Å². The van der Waals surface area contributed by atoms with Crippen molar-refractivity contribution in [3.8, 4) is 0 Å². The number of esters is 1. The topological polar surface area (TPSA) is 102 Å². The average Bonchev–Trinajstić information content (AvgIpc) is 3.42. The van der Waals surface area contributed by atoms with E-state index in [1.54, 1.807) is 13.0 Å². The highest BCUT2D eigenvalue weighted by Crippen LogP contribution is 2.40. The van der Waals surface area contributed by atoms with Crippen LogP contribution >= 0.6 is 0 Å². The van der Waals surface area contributed by atoms with Crippen LogP contribution in [0.5, 0.6) is 0 Å². The Balaban J connectivity index is 1.42. The monoisotopic (exact) mass is 470 g/mol. The molecule has 4 rings (SSSR count). The van der Waals surface area contributed by atoms with Gasteiger partial charge in [0, 0.05) is 24.8 Å². The molecule has 1 aliphatic carbocycles. The predicted octanol–water partition coefficient (Wildman–Crippen LogP) is 3.54. The Bertz CT molecular complexity index is 987. The molecule has 1 aliphatic heterocycles. The third-order valence-corrected chi connectivity index (χ3v) is 7.62. The number of amides is 1. The molecule has 3 atom stereocenters. The zero-order valence-electron chi connectivity index (χ0n) is 20.2. The second-order valence-corrected chi connectivity index (χ2v) is 10.1. The number of anilines is 1. The highest BCUT2D eigenvalue weighted by atomic mass is 16.6. The number of carbonyl (C=O) groups is 2. The molecule has 0 spiro atoms. The van der Waals surface area contributed by atoms with Crippen LogP contribution in [0.2, 0.25) is 0 Å². The van der Waals surface area contributed by atoms with E-state index in [0.29, 0.717) is 21.6 Å². The van der Waals surface area contributed by atoms with Crippen LogP contribution in [0.1, 0.15) is 56.3 Å². The van der Waals surface area contributed by atoms with Gasteiger partial charge in [-0.15, -0.1) is 0 Å². The molecule has 2 unspecified atom stereocenters. The molecular weight excluding hydrogens is 434 g/mol. The molecule has 1 amide bonds. The zero-order valence-corrected chi connectivity index (χ0v) is 20.2. The number of nitrogens with one attached hydrogen (secondary N) is 1. The van der Waals surface area contributed by atoms with Gasteiger partial charge in [-0.25, -0.2) is 4.79 Å². The molecule has 184 valence electrons. The fourth-order valence-electron chi connectivity index (χ4n) is 5.60. The molecule has 8 heteroatoms. The van der Waals surface area contributed by atoms with Crippen molar-refractivity contribution in [2.45, 2.75) is 63.5 Å². The fraction of sp³-hybridized carbons (Fsp3) is 0.577. The maximum absolute atomic E-state index is 13.4. The summed E-state index contributed by atoms with van der Waals surface area (Å²) in [5.41, 5.74) is -1.05. The van der Waals surface area contributed by atoms with Gasteiger partial charge in [-0.05, 0) is 25.3 Å². The number of ether oxygens (including phenoxy) is 1. The quantitative estimate of drug-likeness (QED) is 0.452. The van der Waals surface area contributed by atoms with Crippen molar-refractivity contribution in [3.63, 3.8) is 0 Å². The summed E-state index contributed by atoms with van der Waals surface area (Å²) in [4.78, 5) is 26.1. The summed E-state index contributed by atoms with van der Waals surface area (Å²) in [7, 11) is 2.02. The number of likely N-dealkylation sites (N-methyl/N-ethyl adjacent to an activating group) is 1. The Morgan fingerprint density at radius 1 is 1.18 bits per heavy atom. The summed E-state index contributed by atoms with van der Waals surface area (Å²) < 4.78 is 11.3. The van der Waals surface area contributed by atoms with Crippen LogP contribution in [-0.2, 0) is 19.9 Å². The number of quaternary nitrogens is 1. The molecule has 1 saturated carbocycles. The van der Waals surface area contributed by atoms with Crippen molar-refractivity contribution >= 4 is 17.7 Å². The largest absolute Gasteiger partial charge is 0.457 e. The third kappa shape index (κ3) is 5.18. The molecule has 1 saturated heterocycles. The molecule has 2 aliphatic rings. The molecule has 0 radical (unpaired) electrons. The van der Waals surface area contributed by atoms with Gasteiger partial charge in [0.05, 0.1) is 13.6 Å². The smallest absolute Gasteiger partial charge is 0.343 e. The molecule has 1 aromatic carbocycles. The summed E-state index contributed by atoms with van der Waals surface area (Å²) >= 11 is 0. The summed E-state index contributed by atoms with van der Waals surface area (Å²) in [5, 5.41) is 18.3. The number of nitrogens with zero attached hydrogens (tertiary/aromatic N) is 2. The SMILES string of the molecule is Cc1cc(NC(=O)C[N+]2(C)CCCC2COC(=O)[C@](O)(c2ccccc2)C2CCCCC2)no1. The van der Waals surface area contributed by atoms with Gasteiger partial charge in [0.2, 0.25) is 0 Å². The lowest BCUT2D eigenvalue weighted by Crippen LogP contribution is -2.54. The fourth-order valence-corrected chi connectivity index (χ4v) is 5.60. The van der Waals surface area contributed by atoms with Crippen LogP contribution in [-0.4, -0.2) is 59.4 Å². The zero-order chi connectivity index (χ0) is 24.2. The van der Waals surface area contributed by atoms with E-state index in [0.717, 1.165) is 51.5 Å². The van der Waals surface area contributed by atoms with Crippen LogP contribution in [0.25, 0.3) is 0 Å². The number of benzene rings is 1. The number of aromatic nitrogens is 1. The van der Waals surface area contributed by atoms with Crippen molar-refractivity contribution in [1.29, 1.82) is 0 Å². The van der Waals surface area contributed by atoms with Gasteiger partial charge in [-0.2, -0.15) is 0 Å². The van der Waals surface area contributed by atoms with E-state index in [9.17, 15) is 14.7 Å². The number of likely N-dealkylation sites (tertiary alicyclic amines) is 1. The minimum atomic E-state index is -1.65. The average molecular weight is 471 g/mol.